The predicted molar refractivity (Wildman–Crippen MR) is 55.3 cm³/mol. The summed E-state index contributed by atoms with van der Waals surface area (Å²) in [5.74, 6) is -4.21. The molecule has 0 aromatic heterocycles. The first-order chi connectivity index (χ1) is 7.86. The maximum absolute atomic E-state index is 12.5. The van der Waals surface area contributed by atoms with Crippen LogP contribution in [0.2, 0.25) is 0 Å². The minimum absolute atomic E-state index is 0.0174. The van der Waals surface area contributed by atoms with Gasteiger partial charge in [0.25, 0.3) is 0 Å². The van der Waals surface area contributed by atoms with Crippen LogP contribution in [0.15, 0.2) is 22.7 Å². The van der Waals surface area contributed by atoms with Gasteiger partial charge in [-0.25, -0.2) is 8.78 Å². The number of alkyl halides is 4. The lowest BCUT2D eigenvalue weighted by molar-refractivity contribution is -0.148. The van der Waals surface area contributed by atoms with Gasteiger partial charge < -0.3 is 4.74 Å². The highest BCUT2D eigenvalue weighted by atomic mass is 79.9. The zero-order chi connectivity index (χ0) is 13.1. The molecule has 1 aromatic carbocycles. The fraction of sp³-hybridized carbons (Fsp3) is 0.300. The van der Waals surface area contributed by atoms with Gasteiger partial charge in [-0.3, -0.25) is 0 Å². The number of halogens is 5. The van der Waals surface area contributed by atoms with Crippen molar-refractivity contribution in [3.63, 3.8) is 0 Å². The number of benzene rings is 1. The lowest BCUT2D eigenvalue weighted by atomic mass is 10.2. The minimum atomic E-state index is -4.19. The van der Waals surface area contributed by atoms with Crippen LogP contribution in [0, 0.1) is 11.3 Å². The molecule has 0 saturated carbocycles. The van der Waals surface area contributed by atoms with Crippen molar-refractivity contribution in [1.82, 2.24) is 0 Å². The molecule has 0 N–H and O–H groups in total. The van der Waals surface area contributed by atoms with Crippen molar-refractivity contribution in [3.8, 4) is 11.8 Å². The monoisotopic (exact) mass is 311 g/mol. The number of ether oxygens (including phenoxy) is 1. The Bertz CT molecular complexity index is 444. The number of rotatable bonds is 4. The fourth-order valence-corrected chi connectivity index (χ4v) is 1.37. The van der Waals surface area contributed by atoms with E-state index >= 15 is 0 Å². The molecule has 17 heavy (non-hydrogen) atoms. The smallest absolute Gasteiger partial charge is 0.340 e. The minimum Gasteiger partial charge on any atom is -0.487 e. The summed E-state index contributed by atoms with van der Waals surface area (Å²) in [7, 11) is 0. The van der Waals surface area contributed by atoms with Gasteiger partial charge in [0, 0.05) is 4.47 Å². The molecule has 0 amide bonds. The molecule has 1 rings (SSSR count). The van der Waals surface area contributed by atoms with E-state index in [-0.39, 0.29) is 11.3 Å². The molecule has 0 fully saturated rings. The lowest BCUT2D eigenvalue weighted by Crippen LogP contribution is -2.33. The zero-order valence-corrected chi connectivity index (χ0v) is 9.85. The molecule has 0 unspecified atom stereocenters. The largest absolute Gasteiger partial charge is 0.487 e. The summed E-state index contributed by atoms with van der Waals surface area (Å²) in [6.45, 7) is -1.41. The topological polar surface area (TPSA) is 33.0 Å². The SMILES string of the molecule is N#Cc1ccc(OCC(F)(F)C(F)F)cc1Br. The van der Waals surface area contributed by atoms with E-state index in [0.29, 0.717) is 4.47 Å². The molecule has 0 atom stereocenters. The van der Waals surface area contributed by atoms with Gasteiger partial charge in [0.15, 0.2) is 6.61 Å². The average Bonchev–Trinajstić information content (AvgIpc) is 2.26. The first-order valence-corrected chi connectivity index (χ1v) is 5.14. The number of hydrogen-bond acceptors (Lipinski definition) is 2. The Morgan fingerprint density at radius 2 is 2.06 bits per heavy atom. The van der Waals surface area contributed by atoms with Crippen molar-refractivity contribution in [2.75, 3.05) is 6.61 Å². The van der Waals surface area contributed by atoms with Gasteiger partial charge in [0.1, 0.15) is 11.8 Å². The van der Waals surface area contributed by atoms with Crippen LogP contribution in [0.25, 0.3) is 0 Å². The maximum Gasteiger partial charge on any atom is 0.340 e. The van der Waals surface area contributed by atoms with Gasteiger partial charge in [-0.1, -0.05) is 0 Å². The Kier molecular flexibility index (Phi) is 4.34. The lowest BCUT2D eigenvalue weighted by Gasteiger charge is -2.16. The molecule has 1 aromatic rings. The Balaban J connectivity index is 2.72. The molecule has 7 heteroatoms. The zero-order valence-electron chi connectivity index (χ0n) is 8.26. The van der Waals surface area contributed by atoms with Crippen LogP contribution in [0.3, 0.4) is 0 Å². The molecular weight excluding hydrogens is 306 g/mol. The number of nitrogens with zero attached hydrogens (tertiary/aromatic N) is 1. The highest BCUT2D eigenvalue weighted by Gasteiger charge is 2.41. The second-order valence-corrected chi connectivity index (χ2v) is 3.96. The predicted octanol–water partition coefficient (Wildman–Crippen LogP) is 3.60. The highest BCUT2D eigenvalue weighted by molar-refractivity contribution is 9.10. The van der Waals surface area contributed by atoms with Crippen molar-refractivity contribution in [3.05, 3.63) is 28.2 Å². The van der Waals surface area contributed by atoms with E-state index in [1.807, 2.05) is 6.07 Å². The summed E-state index contributed by atoms with van der Waals surface area (Å²) in [6, 6.07) is 5.69. The van der Waals surface area contributed by atoms with E-state index in [1.165, 1.54) is 18.2 Å². The summed E-state index contributed by atoms with van der Waals surface area (Å²) in [5, 5.41) is 8.60. The van der Waals surface area contributed by atoms with Crippen LogP contribution in [0.4, 0.5) is 17.6 Å². The molecule has 0 aliphatic heterocycles. The molecule has 2 nitrogen and oxygen atoms in total. The van der Waals surface area contributed by atoms with Crippen molar-refractivity contribution < 1.29 is 22.3 Å². The number of nitriles is 1. The van der Waals surface area contributed by atoms with Crippen molar-refractivity contribution in [2.24, 2.45) is 0 Å². The van der Waals surface area contributed by atoms with Gasteiger partial charge in [0.2, 0.25) is 0 Å². The third-order valence-corrected chi connectivity index (χ3v) is 2.47. The van der Waals surface area contributed by atoms with E-state index < -0.39 is 19.0 Å². The Hall–Kier alpha value is -1.29. The van der Waals surface area contributed by atoms with Crippen LogP contribution in [0.1, 0.15) is 5.56 Å². The molecule has 0 radical (unpaired) electrons. The normalized spacial score (nSPS) is 11.4. The third-order valence-electron chi connectivity index (χ3n) is 1.81. The summed E-state index contributed by atoms with van der Waals surface area (Å²) >= 11 is 3.02. The summed E-state index contributed by atoms with van der Waals surface area (Å²) < 4.78 is 53.6. The van der Waals surface area contributed by atoms with Crippen molar-refractivity contribution in [1.29, 1.82) is 5.26 Å². The van der Waals surface area contributed by atoms with Crippen LogP contribution >= 0.6 is 15.9 Å². The molecular formula is C10H6BrF4NO. The van der Waals surface area contributed by atoms with Gasteiger partial charge in [-0.05, 0) is 34.1 Å². The molecule has 0 spiro atoms. The first kappa shape index (κ1) is 13.8. The average molecular weight is 312 g/mol. The number of hydrogen-bond donors (Lipinski definition) is 0. The molecule has 0 saturated heterocycles. The van der Waals surface area contributed by atoms with Crippen molar-refractivity contribution >= 4 is 15.9 Å². The van der Waals surface area contributed by atoms with Crippen LogP contribution in [-0.2, 0) is 0 Å². The van der Waals surface area contributed by atoms with Gasteiger partial charge in [-0.15, -0.1) is 0 Å². The molecule has 0 heterocycles. The fourth-order valence-electron chi connectivity index (χ4n) is 0.919. The van der Waals surface area contributed by atoms with Crippen molar-refractivity contribution in [2.45, 2.75) is 12.3 Å². The van der Waals surface area contributed by atoms with Gasteiger partial charge in [-0.2, -0.15) is 14.0 Å². The second kappa shape index (κ2) is 5.36. The van der Waals surface area contributed by atoms with E-state index in [0.717, 1.165) is 0 Å². The first-order valence-electron chi connectivity index (χ1n) is 4.35. The van der Waals surface area contributed by atoms with E-state index in [4.69, 9.17) is 5.26 Å². The maximum atomic E-state index is 12.5. The second-order valence-electron chi connectivity index (χ2n) is 3.10. The van der Waals surface area contributed by atoms with E-state index in [1.54, 1.807) is 0 Å². The highest BCUT2D eigenvalue weighted by Crippen LogP contribution is 2.26. The van der Waals surface area contributed by atoms with Crippen LogP contribution in [-0.4, -0.2) is 19.0 Å². The molecule has 0 aliphatic carbocycles. The van der Waals surface area contributed by atoms with Gasteiger partial charge in [0.05, 0.1) is 5.56 Å². The van der Waals surface area contributed by atoms with E-state index in [9.17, 15) is 17.6 Å². The van der Waals surface area contributed by atoms with Gasteiger partial charge >= 0.3 is 12.3 Å². The van der Waals surface area contributed by atoms with E-state index in [2.05, 4.69) is 20.7 Å². The molecule has 0 aliphatic rings. The van der Waals surface area contributed by atoms with Crippen LogP contribution in [0.5, 0.6) is 5.75 Å². The Labute approximate surface area is 103 Å². The Morgan fingerprint density at radius 1 is 1.41 bits per heavy atom. The summed E-state index contributed by atoms with van der Waals surface area (Å²) in [5.41, 5.74) is 0.290. The van der Waals surface area contributed by atoms with Crippen LogP contribution < -0.4 is 4.74 Å². The quantitative estimate of drug-likeness (QED) is 0.796. The Morgan fingerprint density at radius 3 is 2.53 bits per heavy atom. The summed E-state index contributed by atoms with van der Waals surface area (Å²) in [6.07, 6.45) is -3.77. The summed E-state index contributed by atoms with van der Waals surface area (Å²) in [4.78, 5) is 0. The molecule has 0 bridgehead atoms. The molecule has 92 valence electrons. The standard InChI is InChI=1S/C10H6BrF4NO/c11-8-3-7(2-1-6(8)4-16)17-5-10(14,15)9(12)13/h1-3,9H,5H2. The third kappa shape index (κ3) is 3.60.